The van der Waals surface area contributed by atoms with Crippen LogP contribution in [-0.2, 0) is 6.18 Å². The Bertz CT molecular complexity index is 399. The Morgan fingerprint density at radius 1 is 1.20 bits per heavy atom. The molecule has 0 aliphatic carbocycles. The van der Waals surface area contributed by atoms with E-state index in [4.69, 9.17) is 5.26 Å². The first-order valence-corrected chi connectivity index (χ1v) is 4.47. The Morgan fingerprint density at radius 3 is 2.20 bits per heavy atom. The van der Waals surface area contributed by atoms with Crippen LogP contribution in [0.25, 0.3) is 0 Å². The quantitative estimate of drug-likeness (QED) is 0.697. The standard InChI is InChI=1S/C11H10F3N/c1-7(2)9-3-8(6-15)4-10(5-9)11(12,13)14/h3-5,7H,1-2H3. The van der Waals surface area contributed by atoms with Gasteiger partial charge >= 0.3 is 6.18 Å². The molecule has 0 fully saturated rings. The molecule has 0 aliphatic heterocycles. The first kappa shape index (κ1) is 11.6. The smallest absolute Gasteiger partial charge is 0.192 e. The zero-order valence-corrected chi connectivity index (χ0v) is 8.39. The van der Waals surface area contributed by atoms with Crippen LogP contribution in [0, 0.1) is 11.3 Å². The highest BCUT2D eigenvalue weighted by Crippen LogP contribution is 2.32. The fourth-order valence-corrected chi connectivity index (χ4v) is 1.21. The van der Waals surface area contributed by atoms with Crippen molar-refractivity contribution >= 4 is 0 Å². The summed E-state index contributed by atoms with van der Waals surface area (Å²) >= 11 is 0. The topological polar surface area (TPSA) is 23.8 Å². The van der Waals surface area contributed by atoms with Gasteiger partial charge in [0, 0.05) is 0 Å². The molecule has 15 heavy (non-hydrogen) atoms. The van der Waals surface area contributed by atoms with Gasteiger partial charge in [0.25, 0.3) is 0 Å². The second kappa shape index (κ2) is 3.93. The molecule has 80 valence electrons. The number of benzene rings is 1. The number of hydrogen-bond acceptors (Lipinski definition) is 1. The fourth-order valence-electron chi connectivity index (χ4n) is 1.21. The maximum Gasteiger partial charge on any atom is 0.416 e. The van der Waals surface area contributed by atoms with Crippen molar-refractivity contribution in [3.05, 3.63) is 34.9 Å². The maximum absolute atomic E-state index is 12.4. The van der Waals surface area contributed by atoms with E-state index in [1.54, 1.807) is 19.9 Å². The van der Waals surface area contributed by atoms with Gasteiger partial charge in [0.2, 0.25) is 0 Å². The Labute approximate surface area is 86.1 Å². The third kappa shape index (κ3) is 2.72. The van der Waals surface area contributed by atoms with Gasteiger partial charge in [-0.05, 0) is 29.7 Å². The van der Waals surface area contributed by atoms with E-state index < -0.39 is 11.7 Å². The molecular weight excluding hydrogens is 203 g/mol. The van der Waals surface area contributed by atoms with E-state index in [9.17, 15) is 13.2 Å². The van der Waals surface area contributed by atoms with E-state index >= 15 is 0 Å². The highest BCUT2D eigenvalue weighted by molar-refractivity contribution is 5.39. The van der Waals surface area contributed by atoms with Gasteiger partial charge in [-0.2, -0.15) is 18.4 Å². The summed E-state index contributed by atoms with van der Waals surface area (Å²) in [6.45, 7) is 3.58. The fraction of sp³-hybridized carbons (Fsp3) is 0.364. The van der Waals surface area contributed by atoms with Gasteiger partial charge in [0.1, 0.15) is 0 Å². The van der Waals surface area contributed by atoms with E-state index in [2.05, 4.69) is 0 Å². The van der Waals surface area contributed by atoms with E-state index in [1.807, 2.05) is 0 Å². The highest BCUT2D eigenvalue weighted by Gasteiger charge is 2.31. The van der Waals surface area contributed by atoms with Crippen molar-refractivity contribution in [2.24, 2.45) is 0 Å². The number of nitriles is 1. The van der Waals surface area contributed by atoms with Crippen molar-refractivity contribution in [1.29, 1.82) is 5.26 Å². The number of alkyl halides is 3. The van der Waals surface area contributed by atoms with Crippen LogP contribution in [0.15, 0.2) is 18.2 Å². The first-order chi connectivity index (χ1) is 6.84. The van der Waals surface area contributed by atoms with Crippen LogP contribution in [0.3, 0.4) is 0 Å². The van der Waals surface area contributed by atoms with Gasteiger partial charge in [-0.3, -0.25) is 0 Å². The highest BCUT2D eigenvalue weighted by atomic mass is 19.4. The van der Waals surface area contributed by atoms with Crippen LogP contribution < -0.4 is 0 Å². The predicted octanol–water partition coefficient (Wildman–Crippen LogP) is 3.70. The van der Waals surface area contributed by atoms with Crippen LogP contribution in [0.5, 0.6) is 0 Å². The normalized spacial score (nSPS) is 11.5. The molecule has 0 heterocycles. The van der Waals surface area contributed by atoms with E-state index in [0.29, 0.717) is 5.56 Å². The Balaban J connectivity index is 3.32. The summed E-state index contributed by atoms with van der Waals surface area (Å²) in [4.78, 5) is 0. The van der Waals surface area contributed by atoms with Crippen molar-refractivity contribution in [2.75, 3.05) is 0 Å². The number of rotatable bonds is 1. The number of halogens is 3. The molecule has 1 rings (SSSR count). The van der Waals surface area contributed by atoms with Gasteiger partial charge in [0.15, 0.2) is 0 Å². The molecule has 1 aromatic carbocycles. The van der Waals surface area contributed by atoms with Crippen molar-refractivity contribution in [3.8, 4) is 6.07 Å². The van der Waals surface area contributed by atoms with Crippen LogP contribution in [0.2, 0.25) is 0 Å². The largest absolute Gasteiger partial charge is 0.416 e. The molecule has 1 aromatic rings. The molecule has 0 N–H and O–H groups in total. The van der Waals surface area contributed by atoms with Gasteiger partial charge < -0.3 is 0 Å². The maximum atomic E-state index is 12.4. The summed E-state index contributed by atoms with van der Waals surface area (Å²) in [7, 11) is 0. The lowest BCUT2D eigenvalue weighted by molar-refractivity contribution is -0.137. The van der Waals surface area contributed by atoms with E-state index in [1.165, 1.54) is 6.07 Å². The minimum atomic E-state index is -4.39. The molecule has 0 unspecified atom stereocenters. The third-order valence-corrected chi connectivity index (χ3v) is 2.08. The number of hydrogen-bond donors (Lipinski definition) is 0. The van der Waals surface area contributed by atoms with Crippen molar-refractivity contribution in [2.45, 2.75) is 25.9 Å². The summed E-state index contributed by atoms with van der Waals surface area (Å²) in [6, 6.07) is 5.18. The van der Waals surface area contributed by atoms with Crippen LogP contribution in [0.1, 0.15) is 36.5 Å². The lowest BCUT2D eigenvalue weighted by Crippen LogP contribution is -2.06. The monoisotopic (exact) mass is 213 g/mol. The summed E-state index contributed by atoms with van der Waals surface area (Å²) < 4.78 is 37.3. The average molecular weight is 213 g/mol. The Kier molecular flexibility index (Phi) is 3.04. The second-order valence-corrected chi connectivity index (χ2v) is 3.61. The van der Waals surface area contributed by atoms with Crippen molar-refractivity contribution in [1.82, 2.24) is 0 Å². The molecular formula is C11H10F3N. The summed E-state index contributed by atoms with van der Waals surface area (Å²) in [6.07, 6.45) is -4.39. The molecule has 0 amide bonds. The Morgan fingerprint density at radius 2 is 1.80 bits per heavy atom. The first-order valence-electron chi connectivity index (χ1n) is 4.47. The lowest BCUT2D eigenvalue weighted by Gasteiger charge is -2.11. The molecule has 0 bridgehead atoms. The van der Waals surface area contributed by atoms with Gasteiger partial charge in [-0.15, -0.1) is 0 Å². The van der Waals surface area contributed by atoms with Gasteiger partial charge in [-0.1, -0.05) is 13.8 Å². The van der Waals surface area contributed by atoms with E-state index in [0.717, 1.165) is 12.1 Å². The third-order valence-electron chi connectivity index (χ3n) is 2.08. The molecule has 0 spiro atoms. The van der Waals surface area contributed by atoms with Crippen molar-refractivity contribution in [3.63, 3.8) is 0 Å². The molecule has 0 radical (unpaired) electrons. The molecule has 0 aliphatic rings. The number of nitrogens with zero attached hydrogens (tertiary/aromatic N) is 1. The van der Waals surface area contributed by atoms with Crippen LogP contribution >= 0.6 is 0 Å². The summed E-state index contributed by atoms with van der Waals surface area (Å²) in [5, 5.41) is 8.62. The zero-order chi connectivity index (χ0) is 11.6. The van der Waals surface area contributed by atoms with Crippen LogP contribution in [0.4, 0.5) is 13.2 Å². The minimum Gasteiger partial charge on any atom is -0.192 e. The molecule has 0 saturated heterocycles. The predicted molar refractivity (Wildman–Crippen MR) is 50.2 cm³/mol. The molecule has 0 atom stereocenters. The van der Waals surface area contributed by atoms with Gasteiger partial charge in [-0.25, -0.2) is 0 Å². The molecule has 4 heteroatoms. The summed E-state index contributed by atoms with van der Waals surface area (Å²) in [5.41, 5.74) is -0.180. The SMILES string of the molecule is CC(C)c1cc(C#N)cc(C(F)(F)F)c1. The molecule has 0 saturated carbocycles. The minimum absolute atomic E-state index is 0.0283. The molecule has 0 aromatic heterocycles. The lowest BCUT2D eigenvalue weighted by atomic mass is 9.98. The van der Waals surface area contributed by atoms with Gasteiger partial charge in [0.05, 0.1) is 17.2 Å². The van der Waals surface area contributed by atoms with Crippen molar-refractivity contribution < 1.29 is 13.2 Å². The zero-order valence-electron chi connectivity index (χ0n) is 8.39. The summed E-state index contributed by atoms with van der Waals surface area (Å²) in [5.74, 6) is -0.0283. The second-order valence-electron chi connectivity index (χ2n) is 3.61. The Hall–Kier alpha value is -1.50. The van der Waals surface area contributed by atoms with Crippen LogP contribution in [-0.4, -0.2) is 0 Å². The average Bonchev–Trinajstić information content (AvgIpc) is 2.15. The van der Waals surface area contributed by atoms with E-state index in [-0.39, 0.29) is 11.5 Å². The molecule has 1 nitrogen and oxygen atoms in total.